The summed E-state index contributed by atoms with van der Waals surface area (Å²) in [6, 6.07) is 9.89. The number of rotatable bonds is 5. The highest BCUT2D eigenvalue weighted by molar-refractivity contribution is 5.86. The van der Waals surface area contributed by atoms with E-state index in [9.17, 15) is 0 Å². The van der Waals surface area contributed by atoms with Gasteiger partial charge in [0.2, 0.25) is 0 Å². The van der Waals surface area contributed by atoms with E-state index < -0.39 is 0 Å². The summed E-state index contributed by atoms with van der Waals surface area (Å²) >= 11 is 0. The molecule has 0 aliphatic rings. The minimum absolute atomic E-state index is 0.530. The SMILES string of the molecule is Cc1nc(NCc2cc(C)on2)c2c(ccn2Cc2cn3ccccc3n2)n1. The first-order chi connectivity index (χ1) is 13.7. The van der Waals surface area contributed by atoms with Gasteiger partial charge in [-0.25, -0.2) is 15.0 Å². The fraction of sp³-hybridized carbons (Fsp3) is 0.200. The minimum atomic E-state index is 0.530. The zero-order valence-electron chi connectivity index (χ0n) is 15.6. The summed E-state index contributed by atoms with van der Waals surface area (Å²) in [5.41, 5.74) is 4.58. The Morgan fingerprint density at radius 3 is 2.79 bits per heavy atom. The molecule has 1 N–H and O–H groups in total. The lowest BCUT2D eigenvalue weighted by Gasteiger charge is -2.10. The molecule has 8 nitrogen and oxygen atoms in total. The molecule has 0 fully saturated rings. The summed E-state index contributed by atoms with van der Waals surface area (Å²) in [6.45, 7) is 4.94. The van der Waals surface area contributed by atoms with E-state index in [0.717, 1.165) is 45.5 Å². The zero-order valence-corrected chi connectivity index (χ0v) is 15.6. The van der Waals surface area contributed by atoms with Crippen LogP contribution in [0.5, 0.6) is 0 Å². The molecule has 0 aliphatic carbocycles. The van der Waals surface area contributed by atoms with Crippen molar-refractivity contribution in [1.29, 1.82) is 0 Å². The lowest BCUT2D eigenvalue weighted by molar-refractivity contribution is 0.391. The molecule has 0 unspecified atom stereocenters. The van der Waals surface area contributed by atoms with Gasteiger partial charge < -0.3 is 18.8 Å². The van der Waals surface area contributed by atoms with Gasteiger partial charge in [-0.05, 0) is 32.0 Å². The number of hydrogen-bond donors (Lipinski definition) is 1. The van der Waals surface area contributed by atoms with Gasteiger partial charge in [0.15, 0.2) is 5.82 Å². The molecule has 5 heterocycles. The third kappa shape index (κ3) is 2.98. The fourth-order valence-electron chi connectivity index (χ4n) is 3.39. The van der Waals surface area contributed by atoms with E-state index in [4.69, 9.17) is 9.51 Å². The van der Waals surface area contributed by atoms with Crippen molar-refractivity contribution in [3.63, 3.8) is 0 Å². The first-order valence-corrected chi connectivity index (χ1v) is 9.08. The van der Waals surface area contributed by atoms with Crippen molar-refractivity contribution in [3.8, 4) is 0 Å². The Morgan fingerprint density at radius 1 is 1.04 bits per heavy atom. The van der Waals surface area contributed by atoms with Gasteiger partial charge in [0.1, 0.15) is 28.4 Å². The largest absolute Gasteiger partial charge is 0.362 e. The Kier molecular flexibility index (Phi) is 3.82. The number of aromatic nitrogens is 6. The standard InChI is InChI=1S/C20H19N7O/c1-13-9-15(25-28-13)10-21-20-19-17(22-14(2)23-20)6-8-27(19)12-16-11-26-7-4-3-5-18(26)24-16/h3-9,11H,10,12H2,1-2H3,(H,21,22,23). The summed E-state index contributed by atoms with van der Waals surface area (Å²) in [4.78, 5) is 13.9. The first-order valence-electron chi connectivity index (χ1n) is 9.08. The number of hydrogen-bond acceptors (Lipinski definition) is 6. The lowest BCUT2D eigenvalue weighted by atomic mass is 10.3. The third-order valence-corrected chi connectivity index (χ3v) is 4.58. The van der Waals surface area contributed by atoms with E-state index in [1.807, 2.05) is 67.2 Å². The average Bonchev–Trinajstić information content (AvgIpc) is 3.38. The minimum Gasteiger partial charge on any atom is -0.362 e. The Bertz CT molecular complexity index is 1250. The van der Waals surface area contributed by atoms with Gasteiger partial charge in [-0.1, -0.05) is 11.2 Å². The third-order valence-electron chi connectivity index (χ3n) is 4.58. The summed E-state index contributed by atoms with van der Waals surface area (Å²) in [6.07, 6.45) is 6.06. The molecule has 5 aromatic rings. The van der Waals surface area contributed by atoms with Crippen LogP contribution in [0.4, 0.5) is 5.82 Å². The van der Waals surface area contributed by atoms with Crippen LogP contribution in [-0.2, 0) is 13.1 Å². The molecule has 0 atom stereocenters. The second kappa shape index (κ2) is 6.49. The molecule has 0 spiro atoms. The molecule has 8 heteroatoms. The van der Waals surface area contributed by atoms with Gasteiger partial charge in [0.05, 0.1) is 24.3 Å². The van der Waals surface area contributed by atoms with Crippen LogP contribution >= 0.6 is 0 Å². The van der Waals surface area contributed by atoms with E-state index in [-0.39, 0.29) is 0 Å². The molecule has 0 aromatic carbocycles. The second-order valence-corrected chi connectivity index (χ2v) is 6.78. The van der Waals surface area contributed by atoms with Gasteiger partial charge in [-0.3, -0.25) is 0 Å². The molecule has 0 amide bonds. The van der Waals surface area contributed by atoms with Crippen molar-refractivity contribution in [3.05, 3.63) is 71.9 Å². The van der Waals surface area contributed by atoms with Crippen LogP contribution in [-0.4, -0.2) is 29.1 Å². The average molecular weight is 373 g/mol. The highest BCUT2D eigenvalue weighted by Crippen LogP contribution is 2.23. The Hall–Kier alpha value is -3.68. The van der Waals surface area contributed by atoms with E-state index in [0.29, 0.717) is 13.1 Å². The van der Waals surface area contributed by atoms with Crippen molar-refractivity contribution in [2.45, 2.75) is 26.9 Å². The summed E-state index contributed by atoms with van der Waals surface area (Å²) < 4.78 is 9.28. The number of nitrogens with zero attached hydrogens (tertiary/aromatic N) is 6. The first kappa shape index (κ1) is 16.5. The van der Waals surface area contributed by atoms with Crippen molar-refractivity contribution < 1.29 is 4.52 Å². The van der Waals surface area contributed by atoms with Crippen LogP contribution < -0.4 is 5.32 Å². The molecular weight excluding hydrogens is 354 g/mol. The van der Waals surface area contributed by atoms with Crippen molar-refractivity contribution in [1.82, 2.24) is 29.1 Å². The van der Waals surface area contributed by atoms with Crippen molar-refractivity contribution >= 4 is 22.5 Å². The molecule has 28 heavy (non-hydrogen) atoms. The fourth-order valence-corrected chi connectivity index (χ4v) is 3.39. The maximum Gasteiger partial charge on any atom is 0.154 e. The molecule has 5 rings (SSSR count). The Balaban J connectivity index is 1.50. The topological polar surface area (TPSA) is 86.1 Å². The van der Waals surface area contributed by atoms with E-state index in [2.05, 4.69) is 25.0 Å². The number of nitrogens with one attached hydrogen (secondary N) is 1. The highest BCUT2D eigenvalue weighted by Gasteiger charge is 2.13. The van der Waals surface area contributed by atoms with Crippen molar-refractivity contribution in [2.24, 2.45) is 0 Å². The Labute approximate surface area is 160 Å². The lowest BCUT2D eigenvalue weighted by Crippen LogP contribution is -2.07. The van der Waals surface area contributed by atoms with Gasteiger partial charge in [-0.15, -0.1) is 0 Å². The maximum atomic E-state index is 5.14. The van der Waals surface area contributed by atoms with E-state index in [1.54, 1.807) is 0 Å². The molecule has 5 aromatic heterocycles. The number of aryl methyl sites for hydroxylation is 2. The molecule has 0 bridgehead atoms. The van der Waals surface area contributed by atoms with Crippen LogP contribution in [0.2, 0.25) is 0 Å². The van der Waals surface area contributed by atoms with Crippen LogP contribution in [0, 0.1) is 13.8 Å². The number of fused-ring (bicyclic) bond motifs is 2. The van der Waals surface area contributed by atoms with Gasteiger partial charge >= 0.3 is 0 Å². The number of imidazole rings is 1. The normalized spacial score (nSPS) is 11.5. The highest BCUT2D eigenvalue weighted by atomic mass is 16.5. The molecule has 0 saturated carbocycles. The monoisotopic (exact) mass is 373 g/mol. The van der Waals surface area contributed by atoms with Crippen LogP contribution in [0.25, 0.3) is 16.7 Å². The van der Waals surface area contributed by atoms with Gasteiger partial charge in [-0.2, -0.15) is 0 Å². The van der Waals surface area contributed by atoms with Gasteiger partial charge in [0.25, 0.3) is 0 Å². The molecular formula is C20H19N7O. The summed E-state index contributed by atoms with van der Waals surface area (Å²) in [7, 11) is 0. The quantitative estimate of drug-likeness (QED) is 0.508. The van der Waals surface area contributed by atoms with Gasteiger partial charge in [0, 0.05) is 24.7 Å². The van der Waals surface area contributed by atoms with Crippen LogP contribution in [0.3, 0.4) is 0 Å². The zero-order chi connectivity index (χ0) is 19.1. The van der Waals surface area contributed by atoms with Crippen molar-refractivity contribution in [2.75, 3.05) is 5.32 Å². The summed E-state index contributed by atoms with van der Waals surface area (Å²) in [5, 5.41) is 7.41. The van der Waals surface area contributed by atoms with Crippen LogP contribution in [0.15, 0.2) is 53.4 Å². The molecule has 140 valence electrons. The van der Waals surface area contributed by atoms with Crippen LogP contribution in [0.1, 0.15) is 23.0 Å². The number of anilines is 1. The predicted molar refractivity (Wildman–Crippen MR) is 105 cm³/mol. The summed E-state index contributed by atoms with van der Waals surface area (Å²) in [5.74, 6) is 2.28. The Morgan fingerprint density at radius 2 is 1.96 bits per heavy atom. The maximum absolute atomic E-state index is 5.14. The second-order valence-electron chi connectivity index (χ2n) is 6.78. The van der Waals surface area contributed by atoms with E-state index in [1.165, 1.54) is 0 Å². The smallest absolute Gasteiger partial charge is 0.154 e. The molecule has 0 radical (unpaired) electrons. The predicted octanol–water partition coefficient (Wildman–Crippen LogP) is 3.34. The van der Waals surface area contributed by atoms with E-state index >= 15 is 0 Å². The number of pyridine rings is 1. The molecule has 0 aliphatic heterocycles. The molecule has 0 saturated heterocycles.